The molecule has 1 aliphatic rings. The third kappa shape index (κ3) is 2.89. The third-order valence-electron chi connectivity index (χ3n) is 4.66. The van der Waals surface area contributed by atoms with Gasteiger partial charge in [-0.25, -0.2) is 4.79 Å². The zero-order valence-corrected chi connectivity index (χ0v) is 12.9. The minimum atomic E-state index is -0.906. The van der Waals surface area contributed by atoms with Gasteiger partial charge in [-0.1, -0.05) is 32.9 Å². The van der Waals surface area contributed by atoms with E-state index in [1.807, 2.05) is 6.92 Å². The van der Waals surface area contributed by atoms with Crippen LogP contribution in [0.3, 0.4) is 0 Å². The Hall–Kier alpha value is -1.32. The fourth-order valence-corrected chi connectivity index (χ4v) is 3.32. The number of carbonyl (C=O) groups is 1. The van der Waals surface area contributed by atoms with Crippen molar-refractivity contribution in [1.29, 1.82) is 0 Å². The Balaban J connectivity index is 2.15. The topological polar surface area (TPSA) is 63.3 Å². The molecule has 0 unspecified atom stereocenters. The predicted molar refractivity (Wildman–Crippen MR) is 77.0 cm³/mol. The number of rotatable bonds is 3. The fourth-order valence-electron chi connectivity index (χ4n) is 3.32. The van der Waals surface area contributed by atoms with Crippen molar-refractivity contribution >= 4 is 5.97 Å². The van der Waals surface area contributed by atoms with Gasteiger partial charge in [-0.3, -0.25) is 0 Å². The van der Waals surface area contributed by atoms with Crippen molar-refractivity contribution < 1.29 is 14.4 Å². The number of carboxylic acids is 1. The van der Waals surface area contributed by atoms with Crippen LogP contribution in [0.4, 0.5) is 0 Å². The molecule has 1 heterocycles. The van der Waals surface area contributed by atoms with Crippen LogP contribution in [-0.4, -0.2) is 16.2 Å². The van der Waals surface area contributed by atoms with Crippen molar-refractivity contribution in [3.63, 3.8) is 0 Å². The lowest BCUT2D eigenvalue weighted by Gasteiger charge is -2.36. The Morgan fingerprint density at radius 2 is 1.90 bits per heavy atom. The average molecular weight is 279 g/mol. The van der Waals surface area contributed by atoms with E-state index in [4.69, 9.17) is 4.52 Å². The van der Waals surface area contributed by atoms with E-state index in [1.54, 1.807) is 0 Å². The maximum absolute atomic E-state index is 11.4. The maximum Gasteiger partial charge on any atom is 0.341 e. The number of aromatic nitrogens is 1. The van der Waals surface area contributed by atoms with Gasteiger partial charge in [0.15, 0.2) is 5.76 Å². The zero-order chi connectivity index (χ0) is 14.9. The summed E-state index contributed by atoms with van der Waals surface area (Å²) in [4.78, 5) is 11.4. The van der Waals surface area contributed by atoms with Crippen LogP contribution in [-0.2, 0) is 6.42 Å². The Bertz CT molecular complexity index is 476. The van der Waals surface area contributed by atoms with Gasteiger partial charge in [0, 0.05) is 12.3 Å². The van der Waals surface area contributed by atoms with Crippen LogP contribution in [0.2, 0.25) is 0 Å². The van der Waals surface area contributed by atoms with E-state index in [9.17, 15) is 9.90 Å². The molecule has 0 atom stereocenters. The van der Waals surface area contributed by atoms with Gasteiger partial charge in [0.05, 0.1) is 0 Å². The van der Waals surface area contributed by atoms with E-state index in [0.29, 0.717) is 34.8 Å². The first-order valence-corrected chi connectivity index (χ1v) is 7.56. The van der Waals surface area contributed by atoms with Gasteiger partial charge >= 0.3 is 5.97 Å². The van der Waals surface area contributed by atoms with E-state index in [0.717, 1.165) is 25.7 Å². The Morgan fingerprint density at radius 1 is 1.30 bits per heavy atom. The van der Waals surface area contributed by atoms with Crippen LogP contribution in [0.25, 0.3) is 0 Å². The largest absolute Gasteiger partial charge is 0.477 e. The summed E-state index contributed by atoms with van der Waals surface area (Å²) in [6.45, 7) is 8.75. The van der Waals surface area contributed by atoms with Crippen molar-refractivity contribution in [3.05, 3.63) is 17.0 Å². The average Bonchev–Trinajstić information content (AvgIpc) is 2.81. The molecule has 0 spiro atoms. The van der Waals surface area contributed by atoms with Crippen LogP contribution in [0, 0.1) is 11.3 Å². The van der Waals surface area contributed by atoms with Crippen LogP contribution in [0.5, 0.6) is 0 Å². The minimum Gasteiger partial charge on any atom is -0.477 e. The second-order valence-corrected chi connectivity index (χ2v) is 6.94. The first-order valence-electron chi connectivity index (χ1n) is 7.56. The van der Waals surface area contributed by atoms with Crippen molar-refractivity contribution in [2.45, 2.75) is 65.7 Å². The highest BCUT2D eigenvalue weighted by molar-refractivity contribution is 5.90. The Labute approximate surface area is 120 Å². The molecule has 2 rings (SSSR count). The lowest BCUT2D eigenvalue weighted by molar-refractivity contribution is 0.0692. The monoisotopic (exact) mass is 279 g/mol. The van der Waals surface area contributed by atoms with E-state index in [2.05, 4.69) is 25.9 Å². The van der Waals surface area contributed by atoms with Crippen LogP contribution < -0.4 is 0 Å². The molecule has 0 aliphatic heterocycles. The van der Waals surface area contributed by atoms with E-state index < -0.39 is 5.97 Å². The molecular weight excluding hydrogens is 254 g/mol. The molecule has 1 saturated carbocycles. The molecule has 0 radical (unpaired) electrons. The molecule has 0 aromatic carbocycles. The molecule has 20 heavy (non-hydrogen) atoms. The summed E-state index contributed by atoms with van der Waals surface area (Å²) in [5.41, 5.74) is 1.31. The molecule has 1 N–H and O–H groups in total. The maximum atomic E-state index is 11.4. The highest BCUT2D eigenvalue weighted by atomic mass is 16.5. The predicted octanol–water partition coefficient (Wildman–Crippen LogP) is 4.26. The summed E-state index contributed by atoms with van der Waals surface area (Å²) in [7, 11) is 0. The van der Waals surface area contributed by atoms with Crippen molar-refractivity contribution in [1.82, 2.24) is 5.16 Å². The molecule has 4 nitrogen and oxygen atoms in total. The molecule has 1 aliphatic carbocycles. The smallest absolute Gasteiger partial charge is 0.341 e. The number of carboxylic acid groups (broad SMARTS) is 1. The number of aromatic carboxylic acids is 1. The second-order valence-electron chi connectivity index (χ2n) is 6.94. The molecule has 0 bridgehead atoms. The number of hydrogen-bond acceptors (Lipinski definition) is 3. The quantitative estimate of drug-likeness (QED) is 0.898. The third-order valence-corrected chi connectivity index (χ3v) is 4.66. The molecule has 1 fully saturated rings. The zero-order valence-electron chi connectivity index (χ0n) is 12.9. The second kappa shape index (κ2) is 5.58. The van der Waals surface area contributed by atoms with Gasteiger partial charge in [0.25, 0.3) is 0 Å². The van der Waals surface area contributed by atoms with Gasteiger partial charge in [0.2, 0.25) is 0 Å². The molecule has 0 amide bonds. The lowest BCUT2D eigenvalue weighted by Crippen LogP contribution is -2.25. The number of hydrogen-bond donors (Lipinski definition) is 1. The van der Waals surface area contributed by atoms with Gasteiger partial charge < -0.3 is 9.63 Å². The van der Waals surface area contributed by atoms with Gasteiger partial charge in [0.1, 0.15) is 11.3 Å². The highest BCUT2D eigenvalue weighted by Crippen LogP contribution is 2.43. The summed E-state index contributed by atoms with van der Waals surface area (Å²) in [6, 6.07) is 0. The van der Waals surface area contributed by atoms with Crippen molar-refractivity contribution in [2.75, 3.05) is 0 Å². The van der Waals surface area contributed by atoms with Gasteiger partial charge in [-0.2, -0.15) is 0 Å². The van der Waals surface area contributed by atoms with E-state index >= 15 is 0 Å². The van der Waals surface area contributed by atoms with E-state index in [-0.39, 0.29) is 5.92 Å². The van der Waals surface area contributed by atoms with Crippen molar-refractivity contribution in [3.8, 4) is 0 Å². The SMILES string of the molecule is CCc1onc(C2CCC(C(C)(C)C)CC2)c1C(=O)O. The van der Waals surface area contributed by atoms with Crippen LogP contribution >= 0.6 is 0 Å². The fraction of sp³-hybridized carbons (Fsp3) is 0.750. The Morgan fingerprint density at radius 3 is 2.35 bits per heavy atom. The minimum absolute atomic E-state index is 0.240. The number of nitrogens with zero attached hydrogens (tertiary/aromatic N) is 1. The summed E-state index contributed by atoms with van der Waals surface area (Å²) >= 11 is 0. The highest BCUT2D eigenvalue weighted by Gasteiger charge is 2.34. The van der Waals surface area contributed by atoms with Gasteiger partial charge in [-0.05, 0) is 37.0 Å². The summed E-state index contributed by atoms with van der Waals surface area (Å²) < 4.78 is 5.22. The molecule has 112 valence electrons. The Kier molecular flexibility index (Phi) is 4.21. The molecule has 1 aromatic heterocycles. The molecule has 0 saturated heterocycles. The molecular formula is C16H25NO3. The normalized spacial score (nSPS) is 23.8. The van der Waals surface area contributed by atoms with Crippen LogP contribution in [0.15, 0.2) is 4.52 Å². The van der Waals surface area contributed by atoms with Crippen LogP contribution in [0.1, 0.15) is 81.1 Å². The molecule has 4 heteroatoms. The van der Waals surface area contributed by atoms with Gasteiger partial charge in [-0.15, -0.1) is 0 Å². The standard InChI is InChI=1S/C16H25NO3/c1-5-12-13(15(18)19)14(17-20-12)10-6-8-11(9-7-10)16(2,3)4/h10-11H,5-9H2,1-4H3,(H,18,19). The number of aryl methyl sites for hydroxylation is 1. The molecule has 1 aromatic rings. The summed E-state index contributed by atoms with van der Waals surface area (Å²) in [6.07, 6.45) is 4.88. The summed E-state index contributed by atoms with van der Waals surface area (Å²) in [5.74, 6) is 0.551. The first-order chi connectivity index (χ1) is 9.34. The van der Waals surface area contributed by atoms with E-state index in [1.165, 1.54) is 0 Å². The van der Waals surface area contributed by atoms with Crippen molar-refractivity contribution in [2.24, 2.45) is 11.3 Å². The first kappa shape index (κ1) is 15.1. The summed E-state index contributed by atoms with van der Waals surface area (Å²) in [5, 5.41) is 13.4. The lowest BCUT2D eigenvalue weighted by atomic mass is 9.69.